The first-order valence-corrected chi connectivity index (χ1v) is 8.50. The Bertz CT molecular complexity index is 425. The molecule has 1 aliphatic carbocycles. The number of nitrogens with zero attached hydrogens (tertiary/aromatic N) is 1. The molecule has 0 spiro atoms. The number of aromatic nitrogens is 1. The van der Waals surface area contributed by atoms with Gasteiger partial charge < -0.3 is 0 Å². The van der Waals surface area contributed by atoms with E-state index in [1.807, 2.05) is 0 Å². The van der Waals surface area contributed by atoms with E-state index in [-0.39, 0.29) is 0 Å². The highest BCUT2D eigenvalue weighted by Gasteiger charge is 2.21. The van der Waals surface area contributed by atoms with Gasteiger partial charge in [0.2, 0.25) is 11.9 Å². The van der Waals surface area contributed by atoms with Gasteiger partial charge in [-0.05, 0) is 36.8 Å². The van der Waals surface area contributed by atoms with E-state index in [9.17, 15) is 8.78 Å². The normalized spacial score (nSPS) is 22.4. The average Bonchev–Trinajstić information content (AvgIpc) is 2.48. The number of hydrogen-bond donors (Lipinski definition) is 0. The predicted octanol–water partition coefficient (Wildman–Crippen LogP) is 5.68. The Balaban J connectivity index is 1.69. The number of pyridine rings is 1. The summed E-state index contributed by atoms with van der Waals surface area (Å²) in [5, 5.41) is 0. The van der Waals surface area contributed by atoms with Crippen molar-refractivity contribution in [3.63, 3.8) is 0 Å². The predicted molar refractivity (Wildman–Crippen MR) is 82.1 cm³/mol. The SMILES string of the molecule is CCCCCC1CCC(CCc2ccc(F)nc2F)CC1. The standard InChI is InChI=1S/C18H27F2N/c1-2-3-4-5-14-6-8-15(9-7-14)10-11-16-12-13-17(19)21-18(16)20/h12-15H,2-11H2,1H3. The Morgan fingerprint density at radius 3 is 2.29 bits per heavy atom. The molecule has 1 heterocycles. The van der Waals surface area contributed by atoms with Crippen molar-refractivity contribution in [2.75, 3.05) is 0 Å². The smallest absolute Gasteiger partial charge is 0.190 e. The van der Waals surface area contributed by atoms with E-state index in [1.165, 1.54) is 63.5 Å². The van der Waals surface area contributed by atoms with Gasteiger partial charge in [-0.1, -0.05) is 58.3 Å². The third kappa shape index (κ3) is 5.37. The average molecular weight is 295 g/mol. The number of hydrogen-bond acceptors (Lipinski definition) is 1. The lowest BCUT2D eigenvalue weighted by atomic mass is 9.78. The first kappa shape index (κ1) is 16.4. The van der Waals surface area contributed by atoms with Crippen LogP contribution in [0.3, 0.4) is 0 Å². The van der Waals surface area contributed by atoms with Gasteiger partial charge in [-0.3, -0.25) is 0 Å². The number of halogens is 2. The molecule has 1 aromatic heterocycles. The second-order valence-corrected chi connectivity index (χ2v) is 6.51. The van der Waals surface area contributed by atoms with E-state index in [2.05, 4.69) is 11.9 Å². The summed E-state index contributed by atoms with van der Waals surface area (Å²) in [7, 11) is 0. The maximum atomic E-state index is 13.5. The Labute approximate surface area is 127 Å². The first-order chi connectivity index (χ1) is 10.2. The van der Waals surface area contributed by atoms with Crippen molar-refractivity contribution >= 4 is 0 Å². The van der Waals surface area contributed by atoms with Crippen LogP contribution in [0, 0.1) is 23.7 Å². The fourth-order valence-electron chi connectivity index (χ4n) is 3.48. The largest absolute Gasteiger partial charge is 0.218 e. The lowest BCUT2D eigenvalue weighted by Gasteiger charge is -2.28. The van der Waals surface area contributed by atoms with E-state index < -0.39 is 11.9 Å². The zero-order valence-corrected chi connectivity index (χ0v) is 13.1. The quantitative estimate of drug-likeness (QED) is 0.466. The molecule has 118 valence electrons. The molecule has 1 nitrogen and oxygen atoms in total. The molecular formula is C18H27F2N. The first-order valence-electron chi connectivity index (χ1n) is 8.50. The van der Waals surface area contributed by atoms with Crippen LogP contribution in [0.4, 0.5) is 8.78 Å². The van der Waals surface area contributed by atoms with E-state index >= 15 is 0 Å². The molecule has 1 aliphatic rings. The van der Waals surface area contributed by atoms with Crippen molar-refractivity contribution in [2.24, 2.45) is 11.8 Å². The Kier molecular flexibility index (Phi) is 6.59. The summed E-state index contributed by atoms with van der Waals surface area (Å²) in [5.74, 6) is 0.251. The van der Waals surface area contributed by atoms with Crippen molar-refractivity contribution in [1.82, 2.24) is 4.98 Å². The van der Waals surface area contributed by atoms with Crippen molar-refractivity contribution in [3.05, 3.63) is 29.6 Å². The molecule has 0 bridgehead atoms. The molecule has 21 heavy (non-hydrogen) atoms. The molecule has 0 radical (unpaired) electrons. The van der Waals surface area contributed by atoms with Crippen LogP contribution in [0.2, 0.25) is 0 Å². The molecule has 2 rings (SSSR count). The monoisotopic (exact) mass is 295 g/mol. The van der Waals surface area contributed by atoms with Crippen LogP contribution in [0.25, 0.3) is 0 Å². The highest BCUT2D eigenvalue weighted by atomic mass is 19.1. The van der Waals surface area contributed by atoms with E-state index in [0.29, 0.717) is 17.9 Å². The van der Waals surface area contributed by atoms with Gasteiger partial charge in [0.25, 0.3) is 0 Å². The summed E-state index contributed by atoms with van der Waals surface area (Å²) < 4.78 is 26.3. The number of aryl methyl sites for hydroxylation is 1. The highest BCUT2D eigenvalue weighted by Crippen LogP contribution is 2.34. The molecule has 3 heteroatoms. The van der Waals surface area contributed by atoms with Crippen LogP contribution in [-0.2, 0) is 6.42 Å². The fourth-order valence-corrected chi connectivity index (χ4v) is 3.48. The van der Waals surface area contributed by atoms with Gasteiger partial charge in [-0.15, -0.1) is 0 Å². The van der Waals surface area contributed by atoms with E-state index in [4.69, 9.17) is 0 Å². The Morgan fingerprint density at radius 1 is 1.00 bits per heavy atom. The van der Waals surface area contributed by atoms with Gasteiger partial charge >= 0.3 is 0 Å². The fraction of sp³-hybridized carbons (Fsp3) is 0.722. The van der Waals surface area contributed by atoms with Crippen LogP contribution >= 0.6 is 0 Å². The maximum Gasteiger partial charge on any atom is 0.218 e. The maximum absolute atomic E-state index is 13.5. The molecule has 0 aromatic carbocycles. The Morgan fingerprint density at radius 2 is 1.67 bits per heavy atom. The molecule has 0 saturated heterocycles. The number of rotatable bonds is 7. The minimum atomic E-state index is -0.733. The summed E-state index contributed by atoms with van der Waals surface area (Å²) in [6.45, 7) is 2.25. The van der Waals surface area contributed by atoms with E-state index in [1.54, 1.807) is 0 Å². The van der Waals surface area contributed by atoms with E-state index in [0.717, 1.165) is 12.3 Å². The van der Waals surface area contributed by atoms with Crippen LogP contribution in [-0.4, -0.2) is 4.98 Å². The lowest BCUT2D eigenvalue weighted by molar-refractivity contribution is 0.248. The Hall–Kier alpha value is -0.990. The van der Waals surface area contributed by atoms with Crippen LogP contribution in [0.1, 0.15) is 70.3 Å². The topological polar surface area (TPSA) is 12.9 Å². The van der Waals surface area contributed by atoms with Crippen molar-refractivity contribution in [2.45, 2.75) is 71.1 Å². The second-order valence-electron chi connectivity index (χ2n) is 6.51. The van der Waals surface area contributed by atoms with Gasteiger partial charge in [0.05, 0.1) is 0 Å². The van der Waals surface area contributed by atoms with Gasteiger partial charge in [0, 0.05) is 5.56 Å². The summed E-state index contributed by atoms with van der Waals surface area (Å²) in [5.41, 5.74) is 0.557. The molecular weight excluding hydrogens is 268 g/mol. The van der Waals surface area contributed by atoms with Gasteiger partial charge in [-0.2, -0.15) is 13.8 Å². The third-order valence-corrected chi connectivity index (χ3v) is 4.90. The van der Waals surface area contributed by atoms with Crippen LogP contribution in [0.15, 0.2) is 12.1 Å². The summed E-state index contributed by atoms with van der Waals surface area (Å²) in [6, 6.07) is 2.79. The molecule has 0 aliphatic heterocycles. The van der Waals surface area contributed by atoms with Gasteiger partial charge in [-0.25, -0.2) is 0 Å². The van der Waals surface area contributed by atoms with Crippen molar-refractivity contribution in [3.8, 4) is 0 Å². The molecule has 1 aromatic rings. The molecule has 0 unspecified atom stereocenters. The summed E-state index contributed by atoms with van der Waals surface area (Å²) >= 11 is 0. The van der Waals surface area contributed by atoms with Crippen LogP contribution < -0.4 is 0 Å². The molecule has 1 fully saturated rings. The zero-order chi connectivity index (χ0) is 15.1. The van der Waals surface area contributed by atoms with Gasteiger partial charge in [0.1, 0.15) is 0 Å². The highest BCUT2D eigenvalue weighted by molar-refractivity contribution is 5.11. The minimum Gasteiger partial charge on any atom is -0.190 e. The zero-order valence-electron chi connectivity index (χ0n) is 13.1. The summed E-state index contributed by atoms with van der Waals surface area (Å²) in [6.07, 6.45) is 12.3. The lowest BCUT2D eigenvalue weighted by Crippen LogP contribution is -2.15. The van der Waals surface area contributed by atoms with Gasteiger partial charge in [0.15, 0.2) is 0 Å². The third-order valence-electron chi connectivity index (χ3n) is 4.90. The van der Waals surface area contributed by atoms with Crippen molar-refractivity contribution < 1.29 is 8.78 Å². The molecule has 0 atom stereocenters. The minimum absolute atomic E-state index is 0.557. The van der Waals surface area contributed by atoms with Crippen molar-refractivity contribution in [1.29, 1.82) is 0 Å². The second kappa shape index (κ2) is 8.45. The molecule has 0 N–H and O–H groups in total. The number of unbranched alkanes of at least 4 members (excludes halogenated alkanes) is 2. The van der Waals surface area contributed by atoms with Crippen LogP contribution in [0.5, 0.6) is 0 Å². The summed E-state index contributed by atoms with van der Waals surface area (Å²) in [4.78, 5) is 3.26. The molecule has 0 amide bonds. The molecule has 1 saturated carbocycles.